The van der Waals surface area contributed by atoms with Gasteiger partial charge in [0.1, 0.15) is 0 Å². The average Bonchev–Trinajstić information content (AvgIpc) is 3.12. The number of carbonyl (C=O) groups is 1. The Labute approximate surface area is 158 Å². The van der Waals surface area contributed by atoms with E-state index in [1.54, 1.807) is 0 Å². The first-order chi connectivity index (χ1) is 12.6. The standard InChI is InChI=1S/C21H22ClN3O/c22-21(15-16-4-2-1-3-5-16)9-12-25(13-10-21)24-20(26)18-6-7-19-17(14-18)8-11-23-19/h1-8,11,14,23H,9-10,12-13,15H2,(H,24,26). The number of hydrogen-bond acceptors (Lipinski definition) is 2. The van der Waals surface area contributed by atoms with E-state index in [1.165, 1.54) is 5.56 Å². The van der Waals surface area contributed by atoms with Crippen LogP contribution in [0.15, 0.2) is 60.8 Å². The minimum Gasteiger partial charge on any atom is -0.361 e. The molecule has 134 valence electrons. The van der Waals surface area contributed by atoms with Gasteiger partial charge in [-0.25, -0.2) is 5.01 Å². The van der Waals surface area contributed by atoms with Crippen molar-refractivity contribution in [2.45, 2.75) is 24.1 Å². The highest BCUT2D eigenvalue weighted by atomic mass is 35.5. The highest BCUT2D eigenvalue weighted by molar-refractivity contribution is 6.24. The van der Waals surface area contributed by atoms with Crippen LogP contribution in [0.3, 0.4) is 0 Å². The number of hydrogen-bond donors (Lipinski definition) is 2. The first-order valence-corrected chi connectivity index (χ1v) is 9.35. The van der Waals surface area contributed by atoms with Crippen molar-refractivity contribution in [2.75, 3.05) is 13.1 Å². The van der Waals surface area contributed by atoms with E-state index in [2.05, 4.69) is 22.5 Å². The number of nitrogens with one attached hydrogen (secondary N) is 2. The van der Waals surface area contributed by atoms with E-state index in [9.17, 15) is 4.79 Å². The van der Waals surface area contributed by atoms with Crippen LogP contribution in [0.4, 0.5) is 0 Å². The van der Waals surface area contributed by atoms with Crippen LogP contribution in [0.2, 0.25) is 0 Å². The summed E-state index contributed by atoms with van der Waals surface area (Å²) < 4.78 is 0. The molecule has 2 heterocycles. The number of fused-ring (bicyclic) bond motifs is 1. The topological polar surface area (TPSA) is 48.1 Å². The summed E-state index contributed by atoms with van der Waals surface area (Å²) in [4.78, 5) is 15.4. The largest absolute Gasteiger partial charge is 0.361 e. The zero-order valence-electron chi connectivity index (χ0n) is 14.5. The number of rotatable bonds is 4. The van der Waals surface area contributed by atoms with Gasteiger partial charge in [-0.1, -0.05) is 30.3 Å². The molecule has 1 aromatic heterocycles. The molecule has 4 nitrogen and oxygen atoms in total. The number of halogens is 1. The lowest BCUT2D eigenvalue weighted by atomic mass is 9.89. The van der Waals surface area contributed by atoms with E-state index in [-0.39, 0.29) is 10.8 Å². The van der Waals surface area contributed by atoms with Crippen LogP contribution in [0.25, 0.3) is 10.9 Å². The number of carbonyl (C=O) groups excluding carboxylic acids is 1. The molecule has 26 heavy (non-hydrogen) atoms. The van der Waals surface area contributed by atoms with Gasteiger partial charge in [-0.05, 0) is 49.1 Å². The Hall–Kier alpha value is -2.30. The Bertz CT molecular complexity index is 898. The van der Waals surface area contributed by atoms with Gasteiger partial charge in [0.2, 0.25) is 0 Å². The minimum absolute atomic E-state index is 0.0711. The van der Waals surface area contributed by atoms with Gasteiger partial charge in [-0.3, -0.25) is 10.2 Å². The van der Waals surface area contributed by atoms with Gasteiger partial charge in [-0.2, -0.15) is 0 Å². The van der Waals surface area contributed by atoms with Crippen LogP contribution in [0.5, 0.6) is 0 Å². The van der Waals surface area contributed by atoms with Crippen molar-refractivity contribution in [2.24, 2.45) is 0 Å². The molecule has 0 atom stereocenters. The molecule has 5 heteroatoms. The molecule has 1 saturated heterocycles. The fourth-order valence-electron chi connectivity index (χ4n) is 3.56. The van der Waals surface area contributed by atoms with Crippen LogP contribution in [0, 0.1) is 0 Å². The van der Waals surface area contributed by atoms with Gasteiger partial charge in [0.05, 0.1) is 4.87 Å². The molecular formula is C21H22ClN3O. The van der Waals surface area contributed by atoms with Crippen LogP contribution in [-0.2, 0) is 6.42 Å². The van der Waals surface area contributed by atoms with E-state index in [1.807, 2.05) is 53.7 Å². The lowest BCUT2D eigenvalue weighted by Gasteiger charge is -2.37. The lowest BCUT2D eigenvalue weighted by Crippen LogP contribution is -2.50. The monoisotopic (exact) mass is 367 g/mol. The normalized spacial score (nSPS) is 17.3. The molecule has 1 aliphatic rings. The third kappa shape index (κ3) is 3.76. The van der Waals surface area contributed by atoms with Crippen molar-refractivity contribution in [3.63, 3.8) is 0 Å². The fourth-order valence-corrected chi connectivity index (χ4v) is 3.88. The first kappa shape index (κ1) is 17.1. The maximum Gasteiger partial charge on any atom is 0.265 e. The Morgan fingerprint density at radius 2 is 1.88 bits per heavy atom. The smallest absolute Gasteiger partial charge is 0.265 e. The average molecular weight is 368 g/mol. The van der Waals surface area contributed by atoms with Gasteiger partial charge in [-0.15, -0.1) is 11.6 Å². The molecular weight excluding hydrogens is 346 g/mol. The molecule has 0 aliphatic carbocycles. The number of benzene rings is 2. The third-order valence-electron chi connectivity index (χ3n) is 5.10. The summed E-state index contributed by atoms with van der Waals surface area (Å²) in [5.41, 5.74) is 5.99. The molecule has 0 saturated carbocycles. The summed E-state index contributed by atoms with van der Waals surface area (Å²) in [7, 11) is 0. The predicted molar refractivity (Wildman–Crippen MR) is 105 cm³/mol. The van der Waals surface area contributed by atoms with Crippen LogP contribution in [0.1, 0.15) is 28.8 Å². The Balaban J connectivity index is 1.35. The molecule has 0 bridgehead atoms. The Morgan fingerprint density at radius 3 is 2.65 bits per heavy atom. The number of piperidine rings is 1. The summed E-state index contributed by atoms with van der Waals surface area (Å²) >= 11 is 6.84. The molecule has 2 aromatic carbocycles. The molecule has 1 amide bonds. The molecule has 0 radical (unpaired) electrons. The van der Waals surface area contributed by atoms with Gasteiger partial charge >= 0.3 is 0 Å². The highest BCUT2D eigenvalue weighted by Gasteiger charge is 2.33. The maximum absolute atomic E-state index is 12.5. The quantitative estimate of drug-likeness (QED) is 0.681. The first-order valence-electron chi connectivity index (χ1n) is 8.97. The summed E-state index contributed by atoms with van der Waals surface area (Å²) in [5.74, 6) is -0.0711. The minimum atomic E-state index is -0.230. The van der Waals surface area contributed by atoms with Crippen LogP contribution in [-0.4, -0.2) is 33.9 Å². The van der Waals surface area contributed by atoms with Gasteiger partial charge in [0.25, 0.3) is 5.91 Å². The molecule has 1 aliphatic heterocycles. The molecule has 0 unspecified atom stereocenters. The second-order valence-corrected chi connectivity index (χ2v) is 7.82. The van der Waals surface area contributed by atoms with Crippen molar-refractivity contribution in [1.29, 1.82) is 0 Å². The SMILES string of the molecule is O=C(NN1CCC(Cl)(Cc2ccccc2)CC1)c1ccc2[nH]ccc2c1. The van der Waals surface area contributed by atoms with Crippen molar-refractivity contribution in [3.8, 4) is 0 Å². The highest BCUT2D eigenvalue weighted by Crippen LogP contribution is 2.32. The van der Waals surface area contributed by atoms with E-state index in [0.717, 1.165) is 43.3 Å². The second-order valence-electron chi connectivity index (χ2n) is 7.02. The number of nitrogens with zero attached hydrogens (tertiary/aromatic N) is 1. The lowest BCUT2D eigenvalue weighted by molar-refractivity contribution is 0.0718. The van der Waals surface area contributed by atoms with E-state index in [4.69, 9.17) is 11.6 Å². The van der Waals surface area contributed by atoms with Crippen LogP contribution >= 0.6 is 11.6 Å². The van der Waals surface area contributed by atoms with Crippen molar-refractivity contribution < 1.29 is 4.79 Å². The van der Waals surface area contributed by atoms with E-state index in [0.29, 0.717) is 5.56 Å². The van der Waals surface area contributed by atoms with Crippen molar-refractivity contribution in [3.05, 3.63) is 71.9 Å². The number of aromatic nitrogens is 1. The summed E-state index contributed by atoms with van der Waals surface area (Å²) in [5, 5.41) is 3.02. The van der Waals surface area contributed by atoms with Crippen LogP contribution < -0.4 is 5.43 Å². The number of alkyl halides is 1. The second kappa shape index (κ2) is 7.14. The molecule has 3 aromatic rings. The molecule has 4 rings (SSSR count). The number of hydrazine groups is 1. The van der Waals surface area contributed by atoms with Crippen molar-refractivity contribution in [1.82, 2.24) is 15.4 Å². The Kier molecular flexibility index (Phi) is 4.70. The zero-order chi connectivity index (χ0) is 18.0. The van der Waals surface area contributed by atoms with E-state index < -0.39 is 0 Å². The predicted octanol–water partition coefficient (Wildman–Crippen LogP) is 4.13. The number of aromatic amines is 1. The third-order valence-corrected chi connectivity index (χ3v) is 5.61. The summed E-state index contributed by atoms with van der Waals surface area (Å²) in [6.45, 7) is 1.52. The number of H-pyrrole nitrogens is 1. The molecule has 2 N–H and O–H groups in total. The van der Waals surface area contributed by atoms with Gasteiger partial charge in [0.15, 0.2) is 0 Å². The summed E-state index contributed by atoms with van der Waals surface area (Å²) in [6, 6.07) is 18.0. The maximum atomic E-state index is 12.5. The van der Waals surface area contributed by atoms with E-state index >= 15 is 0 Å². The Morgan fingerprint density at radius 1 is 1.12 bits per heavy atom. The summed E-state index contributed by atoms with van der Waals surface area (Å²) in [6.07, 6.45) is 4.44. The van der Waals surface area contributed by atoms with Gasteiger partial charge in [0, 0.05) is 35.8 Å². The zero-order valence-corrected chi connectivity index (χ0v) is 15.3. The fraction of sp³-hybridized carbons (Fsp3) is 0.286. The molecule has 1 fully saturated rings. The number of amides is 1. The van der Waals surface area contributed by atoms with Gasteiger partial charge < -0.3 is 4.98 Å². The van der Waals surface area contributed by atoms with Crippen molar-refractivity contribution >= 4 is 28.4 Å². The molecule has 0 spiro atoms.